The summed E-state index contributed by atoms with van der Waals surface area (Å²) in [6, 6.07) is 0. The molecule has 0 heterocycles. The smallest absolute Gasteiger partial charge is 0.00948 e. The number of allylic oxidation sites excluding steroid dienone is 6. The zero-order valence-corrected chi connectivity index (χ0v) is 6.22. The van der Waals surface area contributed by atoms with Crippen molar-refractivity contribution in [1.82, 2.24) is 0 Å². The van der Waals surface area contributed by atoms with Crippen LogP contribution in [0.25, 0.3) is 0 Å². The van der Waals surface area contributed by atoms with E-state index in [9.17, 15) is 0 Å². The molecule has 0 amide bonds. The Balaban J connectivity index is 2.38. The van der Waals surface area contributed by atoms with Gasteiger partial charge in [-0.3, -0.25) is 0 Å². The molecule has 0 unspecified atom stereocenters. The van der Waals surface area contributed by atoms with E-state index >= 15 is 0 Å². The van der Waals surface area contributed by atoms with E-state index in [4.69, 9.17) is 0 Å². The lowest BCUT2D eigenvalue weighted by Gasteiger charge is -1.90. The molecule has 0 bridgehead atoms. The van der Waals surface area contributed by atoms with Crippen molar-refractivity contribution in [2.45, 2.75) is 25.7 Å². The Hall–Kier alpha value is -0.780. The van der Waals surface area contributed by atoms with Crippen LogP contribution in [-0.4, -0.2) is 0 Å². The quantitative estimate of drug-likeness (QED) is 0.476. The Morgan fingerprint density at radius 2 is 1.90 bits per heavy atom. The maximum absolute atomic E-state index is 3.21. The lowest BCUT2D eigenvalue weighted by atomic mass is 10.2. The average Bonchev–Trinajstić information content (AvgIpc) is 2.01. The molecular weight excluding hydrogens is 120 g/mol. The minimum absolute atomic E-state index is 0.963. The van der Waals surface area contributed by atoms with Crippen molar-refractivity contribution in [2.24, 2.45) is 0 Å². The van der Waals surface area contributed by atoms with Gasteiger partial charge in [0.05, 0.1) is 0 Å². The molecule has 0 nitrogen and oxygen atoms in total. The molecular formula is C10H13. The summed E-state index contributed by atoms with van der Waals surface area (Å²) in [4.78, 5) is 0. The molecule has 10 heavy (non-hydrogen) atoms. The van der Waals surface area contributed by atoms with Crippen LogP contribution in [0.5, 0.6) is 0 Å². The van der Waals surface area contributed by atoms with E-state index in [0.29, 0.717) is 0 Å². The standard InChI is InChI=1S/C10H13/c1-2-4-6-8-10-9-7-5-3-1/h1-4,10H,5-7,9H2/b3-1-,4-2-,10-8?. The molecule has 0 aliphatic heterocycles. The van der Waals surface area contributed by atoms with Crippen LogP contribution in [0.4, 0.5) is 0 Å². The summed E-state index contributed by atoms with van der Waals surface area (Å²) in [6.45, 7) is 0. The van der Waals surface area contributed by atoms with Crippen LogP contribution in [0.1, 0.15) is 25.7 Å². The van der Waals surface area contributed by atoms with Crippen molar-refractivity contribution in [2.75, 3.05) is 0 Å². The van der Waals surface area contributed by atoms with E-state index in [1.165, 1.54) is 19.3 Å². The third-order valence-corrected chi connectivity index (χ3v) is 1.48. The van der Waals surface area contributed by atoms with Crippen LogP contribution in [0.2, 0.25) is 0 Å². The van der Waals surface area contributed by atoms with Crippen molar-refractivity contribution in [1.29, 1.82) is 0 Å². The predicted octanol–water partition coefficient (Wildman–Crippen LogP) is 3.03. The molecule has 1 radical (unpaired) electrons. The molecule has 0 atom stereocenters. The van der Waals surface area contributed by atoms with Crippen molar-refractivity contribution in [3.8, 4) is 0 Å². The second-order valence-electron chi connectivity index (χ2n) is 2.40. The summed E-state index contributed by atoms with van der Waals surface area (Å²) < 4.78 is 0. The largest absolute Gasteiger partial charge is 0.0845 e. The van der Waals surface area contributed by atoms with Crippen LogP contribution >= 0.6 is 0 Å². The summed E-state index contributed by atoms with van der Waals surface area (Å²) in [7, 11) is 0. The van der Waals surface area contributed by atoms with E-state index in [1.54, 1.807) is 0 Å². The Bertz CT molecular complexity index is 149. The molecule has 0 aromatic heterocycles. The highest BCUT2D eigenvalue weighted by Gasteiger charge is 1.81. The molecule has 53 valence electrons. The minimum atomic E-state index is 0.963. The minimum Gasteiger partial charge on any atom is -0.0845 e. The highest BCUT2D eigenvalue weighted by Crippen LogP contribution is 2.00. The molecule has 1 rings (SSSR count). The third-order valence-electron chi connectivity index (χ3n) is 1.48. The van der Waals surface area contributed by atoms with E-state index in [2.05, 4.69) is 36.5 Å². The van der Waals surface area contributed by atoms with Gasteiger partial charge in [0, 0.05) is 0 Å². The van der Waals surface area contributed by atoms with Crippen LogP contribution in [0.3, 0.4) is 0 Å². The first-order chi connectivity index (χ1) is 5.00. The van der Waals surface area contributed by atoms with Crippen LogP contribution in [0.15, 0.2) is 30.4 Å². The monoisotopic (exact) mass is 133 g/mol. The fourth-order valence-corrected chi connectivity index (χ4v) is 0.913. The lowest BCUT2D eigenvalue weighted by Crippen LogP contribution is -1.71. The first-order valence-electron chi connectivity index (χ1n) is 3.87. The Labute approximate surface area is 62.9 Å². The zero-order chi connectivity index (χ0) is 7.07. The summed E-state index contributed by atoms with van der Waals surface area (Å²) in [5.74, 6) is 0. The van der Waals surface area contributed by atoms with Crippen molar-refractivity contribution in [3.63, 3.8) is 0 Å². The van der Waals surface area contributed by atoms with Gasteiger partial charge in [-0.05, 0) is 31.8 Å². The zero-order valence-electron chi connectivity index (χ0n) is 6.22. The summed E-state index contributed by atoms with van der Waals surface area (Å²) in [5.41, 5.74) is 0. The maximum Gasteiger partial charge on any atom is -0.00948 e. The normalized spacial score (nSPS) is 28.8. The average molecular weight is 133 g/mol. The second-order valence-corrected chi connectivity index (χ2v) is 2.40. The Morgan fingerprint density at radius 1 is 1.00 bits per heavy atom. The van der Waals surface area contributed by atoms with Gasteiger partial charge >= 0.3 is 0 Å². The fraction of sp³-hybridized carbons (Fsp3) is 0.400. The highest BCUT2D eigenvalue weighted by atomic mass is 13.9. The van der Waals surface area contributed by atoms with Gasteiger partial charge in [0.15, 0.2) is 0 Å². The van der Waals surface area contributed by atoms with Crippen LogP contribution < -0.4 is 0 Å². The molecule has 1 aliphatic rings. The maximum atomic E-state index is 3.21. The van der Waals surface area contributed by atoms with E-state index in [1.807, 2.05) is 0 Å². The molecule has 0 fully saturated rings. The number of hydrogen-bond donors (Lipinski definition) is 0. The number of hydrogen-bond acceptors (Lipinski definition) is 0. The summed E-state index contributed by atoms with van der Waals surface area (Å²) in [5, 5.41) is 0. The molecule has 0 aromatic rings. The Kier molecular flexibility index (Phi) is 3.69. The van der Waals surface area contributed by atoms with Gasteiger partial charge in [-0.15, -0.1) is 0 Å². The van der Waals surface area contributed by atoms with E-state index in [0.717, 1.165) is 6.42 Å². The van der Waals surface area contributed by atoms with Gasteiger partial charge in [-0.2, -0.15) is 0 Å². The van der Waals surface area contributed by atoms with Gasteiger partial charge in [0.25, 0.3) is 0 Å². The highest BCUT2D eigenvalue weighted by molar-refractivity contribution is 5.04. The van der Waals surface area contributed by atoms with Crippen molar-refractivity contribution >= 4 is 0 Å². The van der Waals surface area contributed by atoms with Gasteiger partial charge in [-0.25, -0.2) is 0 Å². The first kappa shape index (κ1) is 7.33. The lowest BCUT2D eigenvalue weighted by molar-refractivity contribution is 0.863. The summed E-state index contributed by atoms with van der Waals surface area (Å²) >= 11 is 0. The molecule has 0 N–H and O–H groups in total. The molecule has 0 heteroatoms. The molecule has 0 saturated heterocycles. The van der Waals surface area contributed by atoms with Crippen LogP contribution in [0, 0.1) is 6.08 Å². The topological polar surface area (TPSA) is 0 Å². The van der Waals surface area contributed by atoms with E-state index < -0.39 is 0 Å². The van der Waals surface area contributed by atoms with Crippen molar-refractivity contribution < 1.29 is 0 Å². The molecule has 0 spiro atoms. The van der Waals surface area contributed by atoms with Crippen molar-refractivity contribution in [3.05, 3.63) is 36.5 Å². The van der Waals surface area contributed by atoms with Gasteiger partial charge < -0.3 is 0 Å². The Morgan fingerprint density at radius 3 is 2.90 bits per heavy atom. The fourth-order valence-electron chi connectivity index (χ4n) is 0.913. The van der Waals surface area contributed by atoms with E-state index in [-0.39, 0.29) is 0 Å². The van der Waals surface area contributed by atoms with Gasteiger partial charge in [0.1, 0.15) is 0 Å². The third kappa shape index (κ3) is 3.29. The number of rotatable bonds is 0. The van der Waals surface area contributed by atoms with Crippen LogP contribution in [-0.2, 0) is 0 Å². The molecule has 1 aliphatic carbocycles. The first-order valence-corrected chi connectivity index (χ1v) is 3.87. The molecule has 0 aromatic carbocycles. The summed E-state index contributed by atoms with van der Waals surface area (Å²) in [6.07, 6.45) is 18.5. The predicted molar refractivity (Wildman–Crippen MR) is 44.6 cm³/mol. The molecule has 0 saturated carbocycles. The van der Waals surface area contributed by atoms with Gasteiger partial charge in [0.2, 0.25) is 0 Å². The SMILES string of the molecule is [C]1=C\CCC/C=C\C=C/C/1. The second kappa shape index (κ2) is 5.04. The van der Waals surface area contributed by atoms with Gasteiger partial charge in [-0.1, -0.05) is 30.4 Å².